The van der Waals surface area contributed by atoms with Crippen LogP contribution in [-0.2, 0) is 4.74 Å². The van der Waals surface area contributed by atoms with E-state index in [4.69, 9.17) is 14.6 Å². The molecule has 1 amide bonds. The molecule has 0 radical (unpaired) electrons. The molecule has 4 bridgehead atoms. The Balaban J connectivity index is 1.77. The maximum atomic E-state index is 11.1. The maximum Gasteiger partial charge on any atom is 0.630 e. The SMILES string of the molecule is COC(=C1C2CC3CC(C2)CC1C3)c1cc(NC(=O)[OH2+])cc(OC)c1. The van der Waals surface area contributed by atoms with E-state index in [2.05, 4.69) is 5.32 Å². The highest BCUT2D eigenvalue weighted by atomic mass is 16.5. The third-order valence-corrected chi connectivity index (χ3v) is 6.15. The van der Waals surface area contributed by atoms with Gasteiger partial charge in [0.15, 0.2) is 0 Å². The molecule has 4 aliphatic carbocycles. The van der Waals surface area contributed by atoms with Crippen molar-refractivity contribution < 1.29 is 19.4 Å². The molecular formula is C20H26NO4+. The maximum absolute atomic E-state index is 11.1. The molecule has 0 aromatic heterocycles. The van der Waals surface area contributed by atoms with Gasteiger partial charge in [-0.15, -0.1) is 0 Å². The zero-order valence-electron chi connectivity index (χ0n) is 14.8. The van der Waals surface area contributed by atoms with E-state index < -0.39 is 6.09 Å². The molecule has 25 heavy (non-hydrogen) atoms. The van der Waals surface area contributed by atoms with E-state index in [1.165, 1.54) is 37.7 Å². The van der Waals surface area contributed by atoms with Gasteiger partial charge >= 0.3 is 6.09 Å². The Morgan fingerprint density at radius 3 is 2.20 bits per heavy atom. The zero-order valence-corrected chi connectivity index (χ0v) is 14.8. The fourth-order valence-electron chi connectivity index (χ4n) is 5.52. The Morgan fingerprint density at radius 1 is 1.04 bits per heavy atom. The molecule has 0 unspecified atom stereocenters. The summed E-state index contributed by atoms with van der Waals surface area (Å²) in [5.74, 6) is 4.65. The van der Waals surface area contributed by atoms with Crippen LogP contribution in [0.25, 0.3) is 5.76 Å². The molecule has 4 fully saturated rings. The van der Waals surface area contributed by atoms with Crippen molar-refractivity contribution in [2.45, 2.75) is 32.1 Å². The number of hydrogen-bond acceptors (Lipinski definition) is 3. The van der Waals surface area contributed by atoms with Crippen molar-refractivity contribution in [3.05, 3.63) is 29.3 Å². The number of benzene rings is 1. The van der Waals surface area contributed by atoms with Gasteiger partial charge in [0.2, 0.25) is 0 Å². The number of anilines is 1. The van der Waals surface area contributed by atoms with Gasteiger partial charge in [-0.3, -0.25) is 0 Å². The van der Waals surface area contributed by atoms with Crippen LogP contribution in [0.5, 0.6) is 5.75 Å². The van der Waals surface area contributed by atoms with Crippen LogP contribution in [0.1, 0.15) is 37.7 Å². The largest absolute Gasteiger partial charge is 0.630 e. The Hall–Kier alpha value is -2.17. The Kier molecular flexibility index (Phi) is 4.10. The van der Waals surface area contributed by atoms with Gasteiger partial charge < -0.3 is 14.6 Å². The summed E-state index contributed by atoms with van der Waals surface area (Å²) in [6.45, 7) is 0. The van der Waals surface area contributed by atoms with Crippen molar-refractivity contribution in [3.8, 4) is 5.75 Å². The number of hydrogen-bond donors (Lipinski definition) is 1. The normalized spacial score (nSPS) is 29.4. The highest BCUT2D eigenvalue weighted by Gasteiger charge is 2.46. The molecule has 5 nitrogen and oxygen atoms in total. The number of amides is 1. The lowest BCUT2D eigenvalue weighted by atomic mass is 9.54. The summed E-state index contributed by atoms with van der Waals surface area (Å²) in [7, 11) is 3.34. The van der Waals surface area contributed by atoms with E-state index in [9.17, 15) is 4.79 Å². The van der Waals surface area contributed by atoms with E-state index in [1.807, 2.05) is 12.1 Å². The van der Waals surface area contributed by atoms with Crippen molar-refractivity contribution in [1.82, 2.24) is 0 Å². The minimum atomic E-state index is -0.833. The molecule has 134 valence electrons. The van der Waals surface area contributed by atoms with Crippen molar-refractivity contribution in [1.29, 1.82) is 0 Å². The summed E-state index contributed by atoms with van der Waals surface area (Å²) < 4.78 is 11.3. The van der Waals surface area contributed by atoms with Crippen LogP contribution in [0.3, 0.4) is 0 Å². The predicted octanol–water partition coefficient (Wildman–Crippen LogP) is 3.77. The van der Waals surface area contributed by atoms with Crippen molar-refractivity contribution >= 4 is 17.5 Å². The third-order valence-electron chi connectivity index (χ3n) is 6.15. The second-order valence-electron chi connectivity index (χ2n) is 7.70. The van der Waals surface area contributed by atoms with Gasteiger partial charge in [0.1, 0.15) is 11.5 Å². The van der Waals surface area contributed by atoms with Crippen LogP contribution in [0.4, 0.5) is 10.5 Å². The van der Waals surface area contributed by atoms with E-state index >= 15 is 0 Å². The average molecular weight is 344 g/mol. The molecule has 0 saturated heterocycles. The molecule has 0 atom stereocenters. The first-order valence-corrected chi connectivity index (χ1v) is 9.07. The predicted molar refractivity (Wildman–Crippen MR) is 96.6 cm³/mol. The van der Waals surface area contributed by atoms with Crippen molar-refractivity contribution in [3.63, 3.8) is 0 Å². The Bertz CT molecular complexity index is 694. The molecule has 0 aliphatic heterocycles. The summed E-state index contributed by atoms with van der Waals surface area (Å²) in [6, 6.07) is 5.56. The number of rotatable bonds is 4. The first-order valence-electron chi connectivity index (χ1n) is 9.07. The van der Waals surface area contributed by atoms with Crippen LogP contribution in [0.15, 0.2) is 23.8 Å². The minimum Gasteiger partial charge on any atom is -0.547 e. The first kappa shape index (κ1) is 16.3. The van der Waals surface area contributed by atoms with E-state index in [0.717, 1.165) is 23.2 Å². The summed E-state index contributed by atoms with van der Waals surface area (Å²) in [4.78, 5) is 11.1. The van der Waals surface area contributed by atoms with Crippen LogP contribution in [0.2, 0.25) is 0 Å². The highest BCUT2D eigenvalue weighted by Crippen LogP contribution is 2.58. The molecule has 3 N–H and O–H groups in total. The lowest BCUT2D eigenvalue weighted by Crippen LogP contribution is -2.40. The second-order valence-corrected chi connectivity index (χ2v) is 7.70. The smallest absolute Gasteiger partial charge is 0.547 e. The minimum absolute atomic E-state index is 0.563. The second kappa shape index (κ2) is 6.28. The number of carbonyl (C=O) groups is 1. The Labute approximate surface area is 148 Å². The lowest BCUT2D eigenvalue weighted by molar-refractivity contribution is 0.0675. The molecular weight excluding hydrogens is 318 g/mol. The fourth-order valence-corrected chi connectivity index (χ4v) is 5.52. The molecule has 1 aromatic rings. The molecule has 1 aromatic carbocycles. The standard InChI is InChI=1S/C20H25NO4/c1-24-17-9-15(8-16(10-17)21-20(22)23)19(25-2)18-13-4-11-3-12(6-13)7-14(18)5-11/h8-14,21H,3-7H2,1-2H3,(H,22,23)/p+1. The molecule has 4 saturated carbocycles. The fraction of sp³-hybridized carbons (Fsp3) is 0.550. The molecule has 5 rings (SSSR count). The summed E-state index contributed by atoms with van der Waals surface area (Å²) >= 11 is 0. The van der Waals surface area contributed by atoms with Crippen LogP contribution < -0.4 is 10.1 Å². The molecule has 0 spiro atoms. The topological polar surface area (TPSA) is 70.5 Å². The number of ether oxygens (including phenoxy) is 2. The molecule has 4 aliphatic rings. The summed E-state index contributed by atoms with van der Waals surface area (Å²) in [5, 5.41) is 9.69. The van der Waals surface area contributed by atoms with Crippen LogP contribution in [0, 0.1) is 23.7 Å². The number of allylic oxidation sites excluding steroid dienone is 1. The quantitative estimate of drug-likeness (QED) is 0.668. The van der Waals surface area contributed by atoms with Gasteiger partial charge in [0.05, 0.1) is 24.7 Å². The van der Waals surface area contributed by atoms with E-state index in [0.29, 0.717) is 23.3 Å². The monoisotopic (exact) mass is 344 g/mol. The van der Waals surface area contributed by atoms with Gasteiger partial charge in [-0.05, 0) is 73.5 Å². The van der Waals surface area contributed by atoms with Gasteiger partial charge in [0.25, 0.3) is 0 Å². The van der Waals surface area contributed by atoms with Crippen LogP contribution in [-0.4, -0.2) is 25.4 Å². The van der Waals surface area contributed by atoms with Crippen molar-refractivity contribution in [2.75, 3.05) is 19.5 Å². The van der Waals surface area contributed by atoms with Gasteiger partial charge in [-0.1, -0.05) is 0 Å². The van der Waals surface area contributed by atoms with Crippen LogP contribution >= 0.6 is 0 Å². The van der Waals surface area contributed by atoms with E-state index in [1.54, 1.807) is 20.3 Å². The van der Waals surface area contributed by atoms with Gasteiger partial charge in [-0.25, -0.2) is 5.32 Å². The molecule has 0 heterocycles. The highest BCUT2D eigenvalue weighted by molar-refractivity contribution is 5.84. The number of carbonyl (C=O) groups excluding carboxylic acids is 1. The number of methoxy groups -OCH3 is 2. The zero-order chi connectivity index (χ0) is 17.6. The summed E-state index contributed by atoms with van der Waals surface area (Å²) in [5.41, 5.74) is 2.95. The average Bonchev–Trinajstić information content (AvgIpc) is 2.56. The van der Waals surface area contributed by atoms with Gasteiger partial charge in [-0.2, -0.15) is 0 Å². The lowest BCUT2D eigenvalue weighted by Gasteiger charge is -2.51. The first-order chi connectivity index (χ1) is 12.1. The molecule has 5 heteroatoms. The third kappa shape index (κ3) is 2.96. The Morgan fingerprint density at radius 2 is 1.68 bits per heavy atom. The van der Waals surface area contributed by atoms with Gasteiger partial charge in [0, 0.05) is 11.6 Å². The summed E-state index contributed by atoms with van der Waals surface area (Å²) in [6.07, 6.45) is 5.73. The van der Waals surface area contributed by atoms with Crippen molar-refractivity contribution in [2.24, 2.45) is 23.7 Å². The number of nitrogens with one attached hydrogen (secondary N) is 1. The van der Waals surface area contributed by atoms with E-state index in [-0.39, 0.29) is 0 Å².